The zero-order valence-corrected chi connectivity index (χ0v) is 23.0. The van der Waals surface area contributed by atoms with Crippen molar-refractivity contribution in [1.29, 1.82) is 0 Å². The second-order valence-electron chi connectivity index (χ2n) is 10.0. The Balaban J connectivity index is 1.59. The lowest BCUT2D eigenvalue weighted by Gasteiger charge is -2.39. The Labute approximate surface area is 242 Å². The molecule has 2 amide bonds. The van der Waals surface area contributed by atoms with E-state index in [-0.39, 0.29) is 75.0 Å². The number of nitrogens with zero attached hydrogens (tertiary/aromatic N) is 5. The van der Waals surface area contributed by atoms with Crippen molar-refractivity contribution < 1.29 is 45.6 Å². The number of carbonyl (C=O) groups excluding carboxylic acids is 2. The number of para-hydroxylation sites is 1. The number of hydrogen-bond donors (Lipinski definition) is 0. The summed E-state index contributed by atoms with van der Waals surface area (Å²) in [5.74, 6) is -0.924. The molecule has 2 fully saturated rings. The van der Waals surface area contributed by atoms with E-state index in [4.69, 9.17) is 4.74 Å². The fraction of sp³-hybridized carbons (Fsp3) is 0.481. The molecule has 16 heteroatoms. The molecule has 10 nitrogen and oxygen atoms in total. The van der Waals surface area contributed by atoms with Gasteiger partial charge in [-0.25, -0.2) is 9.69 Å². The lowest BCUT2D eigenvalue weighted by molar-refractivity contribution is -0.384. The smallest absolute Gasteiger partial charge is 0.466 e. The van der Waals surface area contributed by atoms with Gasteiger partial charge in [-0.05, 0) is 38.0 Å². The van der Waals surface area contributed by atoms with E-state index in [0.717, 1.165) is 23.1 Å². The molecule has 2 aromatic rings. The molecule has 2 aliphatic rings. The van der Waals surface area contributed by atoms with Crippen molar-refractivity contribution >= 4 is 34.7 Å². The van der Waals surface area contributed by atoms with Gasteiger partial charge in [-0.3, -0.25) is 14.9 Å². The summed E-state index contributed by atoms with van der Waals surface area (Å²) in [5, 5.41) is 11.9. The highest BCUT2D eigenvalue weighted by molar-refractivity contribution is 5.93. The van der Waals surface area contributed by atoms with Gasteiger partial charge in [0.2, 0.25) is 0 Å². The summed E-state index contributed by atoms with van der Waals surface area (Å²) in [6.45, 7) is 1.09. The van der Waals surface area contributed by atoms with Gasteiger partial charge < -0.3 is 19.4 Å². The summed E-state index contributed by atoms with van der Waals surface area (Å²) >= 11 is 0. The van der Waals surface area contributed by atoms with Crippen LogP contribution in [0.5, 0.6) is 0 Å². The Hall–Kier alpha value is -4.24. The zero-order valence-electron chi connectivity index (χ0n) is 23.0. The molecule has 0 unspecified atom stereocenters. The highest BCUT2D eigenvalue weighted by Gasteiger charge is 2.45. The first-order chi connectivity index (χ1) is 20.2. The zero-order chi connectivity index (χ0) is 31.5. The fourth-order valence-electron chi connectivity index (χ4n) is 5.29. The van der Waals surface area contributed by atoms with Gasteiger partial charge in [-0.15, -0.1) is 13.2 Å². The number of ether oxygens (including phenoxy) is 1. The largest absolute Gasteiger partial charge is 0.493 e. The minimum atomic E-state index is -5.03. The lowest BCUT2D eigenvalue weighted by Crippen LogP contribution is -2.56. The molecule has 2 aliphatic heterocycles. The predicted molar refractivity (Wildman–Crippen MR) is 144 cm³/mol. The number of amides is 2. The van der Waals surface area contributed by atoms with Crippen molar-refractivity contribution in [3.63, 3.8) is 0 Å². The average Bonchev–Trinajstić information content (AvgIpc) is 2.96. The normalized spacial score (nSPS) is 16.7. The van der Waals surface area contributed by atoms with Crippen LogP contribution in [0, 0.1) is 16.0 Å². The third kappa shape index (κ3) is 7.05. The average molecular weight is 618 g/mol. The molecule has 0 bridgehead atoms. The van der Waals surface area contributed by atoms with Crippen LogP contribution in [0.25, 0.3) is 0 Å². The molecule has 0 saturated carbocycles. The molecule has 4 rings (SSSR count). The van der Waals surface area contributed by atoms with Crippen molar-refractivity contribution in [3.05, 3.63) is 58.1 Å². The van der Waals surface area contributed by atoms with Gasteiger partial charge in [-0.1, -0.05) is 18.2 Å². The number of carbonyl (C=O) groups is 2. The molecule has 0 aromatic heterocycles. The number of benzene rings is 2. The Bertz CT molecular complexity index is 1320. The maximum Gasteiger partial charge on any atom is 0.493 e. The fourth-order valence-corrected chi connectivity index (χ4v) is 5.29. The van der Waals surface area contributed by atoms with Crippen LogP contribution < -0.4 is 14.7 Å². The SMILES string of the molecule is CCOC(=O)C1CCN(c2cc(N3CCN(C(=O)N(c4ccccc4)C(F)(F)F)CC3)c([N+](=O)[O-])cc2C(F)(F)F)CC1. The molecule has 0 atom stereocenters. The number of piperazine rings is 1. The Morgan fingerprint density at radius 1 is 0.930 bits per heavy atom. The molecule has 0 aliphatic carbocycles. The summed E-state index contributed by atoms with van der Waals surface area (Å²) in [6.07, 6.45) is -9.52. The van der Waals surface area contributed by atoms with Gasteiger partial charge >= 0.3 is 24.5 Å². The first-order valence-electron chi connectivity index (χ1n) is 13.5. The second kappa shape index (κ2) is 12.6. The van der Waals surface area contributed by atoms with Crippen LogP contribution >= 0.6 is 0 Å². The first kappa shape index (κ1) is 31.7. The number of nitro benzene ring substituents is 1. The summed E-state index contributed by atoms with van der Waals surface area (Å²) in [5.41, 5.74) is -2.88. The van der Waals surface area contributed by atoms with E-state index in [2.05, 4.69) is 0 Å². The van der Waals surface area contributed by atoms with Crippen LogP contribution in [0.4, 0.5) is 53.9 Å². The van der Waals surface area contributed by atoms with Gasteiger partial charge in [0.25, 0.3) is 5.69 Å². The van der Waals surface area contributed by atoms with E-state index in [9.17, 15) is 46.0 Å². The summed E-state index contributed by atoms with van der Waals surface area (Å²) in [6, 6.07) is 6.63. The summed E-state index contributed by atoms with van der Waals surface area (Å²) < 4.78 is 88.8. The van der Waals surface area contributed by atoms with Crippen molar-refractivity contribution in [2.75, 3.05) is 60.6 Å². The third-order valence-corrected chi connectivity index (χ3v) is 7.40. The number of anilines is 3. The van der Waals surface area contributed by atoms with Crippen LogP contribution in [-0.2, 0) is 15.7 Å². The number of hydrogen-bond acceptors (Lipinski definition) is 7. The standard InChI is InChI=1S/C27H29F6N5O5/c1-2-43-24(39)18-8-10-34(11-9-18)21-17-22(23(38(41)42)16-20(21)26(28,29)30)35-12-14-36(15-13-35)25(40)37(27(31,32)33)19-6-4-3-5-7-19/h3-7,16-18H,2,8-15H2,1H3. The molecular formula is C27H29F6N5O5. The van der Waals surface area contributed by atoms with E-state index >= 15 is 0 Å². The van der Waals surface area contributed by atoms with Gasteiger partial charge in [-0.2, -0.15) is 13.2 Å². The summed E-state index contributed by atoms with van der Waals surface area (Å²) in [4.78, 5) is 39.4. The number of alkyl halides is 6. The van der Waals surface area contributed by atoms with Crippen LogP contribution in [0.1, 0.15) is 25.3 Å². The van der Waals surface area contributed by atoms with Crippen LogP contribution in [0.2, 0.25) is 0 Å². The van der Waals surface area contributed by atoms with E-state index in [1.807, 2.05) is 0 Å². The van der Waals surface area contributed by atoms with Crippen molar-refractivity contribution in [1.82, 2.24) is 4.90 Å². The molecule has 0 radical (unpaired) electrons. The van der Waals surface area contributed by atoms with Crippen molar-refractivity contribution in [3.8, 4) is 0 Å². The molecule has 43 heavy (non-hydrogen) atoms. The van der Waals surface area contributed by atoms with Crippen LogP contribution in [0.3, 0.4) is 0 Å². The second-order valence-corrected chi connectivity index (χ2v) is 10.0. The van der Waals surface area contributed by atoms with E-state index < -0.39 is 52.3 Å². The van der Waals surface area contributed by atoms with Gasteiger partial charge in [0.1, 0.15) is 5.69 Å². The molecule has 0 spiro atoms. The molecule has 0 N–H and O–H groups in total. The molecule has 234 valence electrons. The maximum atomic E-state index is 14.1. The van der Waals surface area contributed by atoms with Crippen molar-refractivity contribution in [2.24, 2.45) is 5.92 Å². The Morgan fingerprint density at radius 2 is 1.51 bits per heavy atom. The number of esters is 1. The van der Waals surface area contributed by atoms with Crippen LogP contribution in [-0.4, -0.2) is 74.0 Å². The minimum absolute atomic E-state index is 0.0683. The van der Waals surface area contributed by atoms with Gasteiger partial charge in [0, 0.05) is 45.3 Å². The number of urea groups is 1. The van der Waals surface area contributed by atoms with E-state index in [1.165, 1.54) is 28.0 Å². The highest BCUT2D eigenvalue weighted by Crippen LogP contribution is 2.44. The quantitative estimate of drug-likeness (QED) is 0.136. The number of piperidine rings is 1. The van der Waals surface area contributed by atoms with E-state index in [1.54, 1.807) is 6.92 Å². The predicted octanol–water partition coefficient (Wildman–Crippen LogP) is 5.66. The van der Waals surface area contributed by atoms with Crippen LogP contribution in [0.15, 0.2) is 42.5 Å². The van der Waals surface area contributed by atoms with Gasteiger partial charge in [0.15, 0.2) is 0 Å². The molecule has 2 saturated heterocycles. The number of halogens is 6. The monoisotopic (exact) mass is 617 g/mol. The van der Waals surface area contributed by atoms with Crippen molar-refractivity contribution in [2.45, 2.75) is 32.2 Å². The number of nitro groups is 1. The highest BCUT2D eigenvalue weighted by atomic mass is 19.4. The third-order valence-electron chi connectivity index (χ3n) is 7.40. The maximum absolute atomic E-state index is 14.1. The van der Waals surface area contributed by atoms with E-state index in [0.29, 0.717) is 6.07 Å². The lowest BCUT2D eigenvalue weighted by atomic mass is 9.95. The first-order valence-corrected chi connectivity index (χ1v) is 13.5. The summed E-state index contributed by atoms with van der Waals surface area (Å²) in [7, 11) is 0. The number of rotatable bonds is 6. The molecule has 2 heterocycles. The Kier molecular flexibility index (Phi) is 9.25. The molecular weight excluding hydrogens is 588 g/mol. The topological polar surface area (TPSA) is 99.5 Å². The Morgan fingerprint density at radius 3 is 2.02 bits per heavy atom. The molecule has 2 aromatic carbocycles. The minimum Gasteiger partial charge on any atom is -0.466 e. The van der Waals surface area contributed by atoms with Gasteiger partial charge in [0.05, 0.1) is 34.4 Å².